The standard InChI is InChI=1S/C11H14F3N7/c12-11(13,14)10-18-8(7-9(19-10)20-15)16-3-1-5-21-6-2-4-17-21/h2,4,6-7H,1,3,5,15H2,(H2,16,18,19,20). The zero-order valence-electron chi connectivity index (χ0n) is 10.9. The van der Waals surface area contributed by atoms with Gasteiger partial charge in [0.25, 0.3) is 0 Å². The summed E-state index contributed by atoms with van der Waals surface area (Å²) >= 11 is 0. The van der Waals surface area contributed by atoms with Crippen LogP contribution in [0, 0.1) is 0 Å². The Bertz CT molecular complexity index is 568. The minimum atomic E-state index is -4.63. The van der Waals surface area contributed by atoms with Gasteiger partial charge in [-0.2, -0.15) is 18.3 Å². The van der Waals surface area contributed by atoms with Crippen molar-refractivity contribution >= 4 is 11.6 Å². The lowest BCUT2D eigenvalue weighted by molar-refractivity contribution is -0.144. The number of nitrogens with two attached hydrogens (primary N) is 1. The number of hydrazine groups is 1. The first kappa shape index (κ1) is 15.0. The maximum atomic E-state index is 12.6. The van der Waals surface area contributed by atoms with E-state index in [0.717, 1.165) is 0 Å². The number of hydrogen-bond acceptors (Lipinski definition) is 6. The number of nitrogens with zero attached hydrogens (tertiary/aromatic N) is 4. The van der Waals surface area contributed by atoms with Crippen molar-refractivity contribution in [3.63, 3.8) is 0 Å². The zero-order valence-corrected chi connectivity index (χ0v) is 10.9. The molecule has 21 heavy (non-hydrogen) atoms. The summed E-state index contributed by atoms with van der Waals surface area (Å²) < 4.78 is 39.6. The van der Waals surface area contributed by atoms with Crippen LogP contribution in [0.1, 0.15) is 12.2 Å². The van der Waals surface area contributed by atoms with E-state index in [2.05, 4.69) is 25.8 Å². The molecule has 0 saturated carbocycles. The van der Waals surface area contributed by atoms with E-state index in [4.69, 9.17) is 5.84 Å². The van der Waals surface area contributed by atoms with Crippen molar-refractivity contribution in [2.75, 3.05) is 17.3 Å². The summed E-state index contributed by atoms with van der Waals surface area (Å²) in [6.45, 7) is 1.09. The quantitative estimate of drug-likeness (QED) is 0.425. The fourth-order valence-corrected chi connectivity index (χ4v) is 1.63. The molecule has 0 radical (unpaired) electrons. The van der Waals surface area contributed by atoms with Crippen LogP contribution in [-0.2, 0) is 12.7 Å². The highest BCUT2D eigenvalue weighted by Gasteiger charge is 2.35. The summed E-state index contributed by atoms with van der Waals surface area (Å²) in [5.74, 6) is 3.82. The lowest BCUT2D eigenvalue weighted by Gasteiger charge is -2.11. The number of rotatable bonds is 6. The third-order valence-electron chi connectivity index (χ3n) is 2.56. The van der Waals surface area contributed by atoms with E-state index in [1.165, 1.54) is 6.07 Å². The maximum absolute atomic E-state index is 12.6. The second-order valence-electron chi connectivity index (χ2n) is 4.15. The molecule has 0 unspecified atom stereocenters. The van der Waals surface area contributed by atoms with E-state index in [0.29, 0.717) is 19.5 Å². The topological polar surface area (TPSA) is 93.7 Å². The highest BCUT2D eigenvalue weighted by Crippen LogP contribution is 2.28. The van der Waals surface area contributed by atoms with Gasteiger partial charge in [0, 0.05) is 31.5 Å². The number of alkyl halides is 3. The van der Waals surface area contributed by atoms with Crippen molar-refractivity contribution in [2.45, 2.75) is 19.1 Å². The van der Waals surface area contributed by atoms with Crippen molar-refractivity contribution in [3.05, 3.63) is 30.4 Å². The zero-order chi connectivity index (χ0) is 15.3. The van der Waals surface area contributed by atoms with Crippen LogP contribution in [0.5, 0.6) is 0 Å². The fourth-order valence-electron chi connectivity index (χ4n) is 1.63. The third kappa shape index (κ3) is 4.31. The van der Waals surface area contributed by atoms with Crippen LogP contribution in [0.25, 0.3) is 0 Å². The van der Waals surface area contributed by atoms with Gasteiger partial charge in [-0.05, 0) is 12.5 Å². The molecule has 0 aliphatic carbocycles. The molecule has 2 rings (SSSR count). The average Bonchev–Trinajstić information content (AvgIpc) is 2.95. The van der Waals surface area contributed by atoms with Crippen molar-refractivity contribution < 1.29 is 13.2 Å². The molecule has 0 bridgehead atoms. The molecule has 0 atom stereocenters. The van der Waals surface area contributed by atoms with Gasteiger partial charge in [0.05, 0.1) is 0 Å². The Labute approximate surface area is 118 Å². The Hall–Kier alpha value is -2.36. The molecule has 0 spiro atoms. The SMILES string of the molecule is NNc1cc(NCCCn2cccn2)nc(C(F)(F)F)n1. The minimum absolute atomic E-state index is 0.0609. The van der Waals surface area contributed by atoms with E-state index < -0.39 is 12.0 Å². The number of anilines is 2. The van der Waals surface area contributed by atoms with Crippen LogP contribution >= 0.6 is 0 Å². The second kappa shape index (κ2) is 6.39. The molecule has 0 fully saturated rings. The van der Waals surface area contributed by atoms with Gasteiger partial charge >= 0.3 is 6.18 Å². The van der Waals surface area contributed by atoms with Crippen molar-refractivity contribution in [1.29, 1.82) is 0 Å². The van der Waals surface area contributed by atoms with Gasteiger partial charge in [0.1, 0.15) is 11.6 Å². The van der Waals surface area contributed by atoms with Crippen LogP contribution in [0.4, 0.5) is 24.8 Å². The summed E-state index contributed by atoms with van der Waals surface area (Å²) in [4.78, 5) is 6.69. The number of nitrogens with one attached hydrogen (secondary N) is 2. The van der Waals surface area contributed by atoms with Gasteiger partial charge < -0.3 is 10.7 Å². The molecule has 114 valence electrons. The highest BCUT2D eigenvalue weighted by atomic mass is 19.4. The Kier molecular flexibility index (Phi) is 4.58. The number of hydrogen-bond donors (Lipinski definition) is 3. The Balaban J connectivity index is 1.95. The van der Waals surface area contributed by atoms with Gasteiger partial charge in [0.2, 0.25) is 5.82 Å². The predicted octanol–water partition coefficient (Wildman–Crippen LogP) is 1.48. The second-order valence-corrected chi connectivity index (χ2v) is 4.15. The smallest absolute Gasteiger partial charge is 0.370 e. The van der Waals surface area contributed by atoms with E-state index in [9.17, 15) is 13.2 Å². The molecule has 2 aromatic rings. The van der Waals surface area contributed by atoms with Gasteiger partial charge in [-0.15, -0.1) is 0 Å². The van der Waals surface area contributed by atoms with E-state index in [1.54, 1.807) is 16.9 Å². The molecule has 0 saturated heterocycles. The normalized spacial score (nSPS) is 11.4. The van der Waals surface area contributed by atoms with Crippen LogP contribution in [0.2, 0.25) is 0 Å². The molecular formula is C11H14F3N7. The van der Waals surface area contributed by atoms with Gasteiger partial charge in [-0.25, -0.2) is 15.8 Å². The monoisotopic (exact) mass is 301 g/mol. The molecule has 0 amide bonds. The van der Waals surface area contributed by atoms with Crippen LogP contribution in [0.3, 0.4) is 0 Å². The third-order valence-corrected chi connectivity index (χ3v) is 2.56. The Morgan fingerprint density at radius 1 is 1.24 bits per heavy atom. The minimum Gasteiger partial charge on any atom is -0.370 e. The summed E-state index contributed by atoms with van der Waals surface area (Å²) in [7, 11) is 0. The lowest BCUT2D eigenvalue weighted by Crippen LogP contribution is -2.17. The number of aromatic nitrogens is 4. The molecule has 7 nitrogen and oxygen atoms in total. The molecule has 10 heteroatoms. The Morgan fingerprint density at radius 3 is 2.62 bits per heavy atom. The van der Waals surface area contributed by atoms with Crippen molar-refractivity contribution in [2.24, 2.45) is 5.84 Å². The van der Waals surface area contributed by atoms with Gasteiger partial charge in [-0.1, -0.05) is 0 Å². The van der Waals surface area contributed by atoms with Gasteiger partial charge in [0.15, 0.2) is 0 Å². The highest BCUT2D eigenvalue weighted by molar-refractivity contribution is 5.47. The van der Waals surface area contributed by atoms with Crippen molar-refractivity contribution in [3.8, 4) is 0 Å². The summed E-state index contributed by atoms with van der Waals surface area (Å²) in [5, 5.41) is 6.83. The number of aryl methyl sites for hydroxylation is 1. The van der Waals surface area contributed by atoms with Crippen molar-refractivity contribution in [1.82, 2.24) is 19.7 Å². The summed E-state index contributed by atoms with van der Waals surface area (Å²) in [5.41, 5.74) is 2.09. The van der Waals surface area contributed by atoms with E-state index in [1.807, 2.05) is 6.20 Å². The van der Waals surface area contributed by atoms with Gasteiger partial charge in [-0.3, -0.25) is 4.68 Å². The molecule has 2 heterocycles. The first-order valence-corrected chi connectivity index (χ1v) is 6.13. The fraction of sp³-hybridized carbons (Fsp3) is 0.364. The Morgan fingerprint density at radius 2 is 2.00 bits per heavy atom. The molecule has 2 aromatic heterocycles. The predicted molar refractivity (Wildman–Crippen MR) is 70.2 cm³/mol. The van der Waals surface area contributed by atoms with Crippen LogP contribution in [-0.4, -0.2) is 26.3 Å². The lowest BCUT2D eigenvalue weighted by atomic mass is 10.4. The molecule has 0 aliphatic heterocycles. The first-order valence-electron chi connectivity index (χ1n) is 6.13. The first-order chi connectivity index (χ1) is 9.99. The number of halogens is 3. The molecule has 0 aromatic carbocycles. The number of nitrogen functional groups attached to an aromatic ring is 1. The van der Waals surface area contributed by atoms with Crippen LogP contribution < -0.4 is 16.6 Å². The van der Waals surface area contributed by atoms with E-state index >= 15 is 0 Å². The largest absolute Gasteiger partial charge is 0.451 e. The molecular weight excluding hydrogens is 287 g/mol. The molecule has 4 N–H and O–H groups in total. The maximum Gasteiger partial charge on any atom is 0.451 e. The van der Waals surface area contributed by atoms with Crippen LogP contribution in [0.15, 0.2) is 24.5 Å². The molecule has 0 aliphatic rings. The summed E-state index contributed by atoms with van der Waals surface area (Å²) in [6, 6.07) is 3.11. The van der Waals surface area contributed by atoms with E-state index in [-0.39, 0.29) is 11.6 Å². The summed E-state index contributed by atoms with van der Waals surface area (Å²) in [6.07, 6.45) is -0.480. The average molecular weight is 301 g/mol.